The van der Waals surface area contributed by atoms with E-state index in [1.54, 1.807) is 18.2 Å². The number of benzene rings is 1. The van der Waals surface area contributed by atoms with Crippen LogP contribution in [0.15, 0.2) is 47.1 Å². The molecule has 1 aromatic carbocycles. The molecule has 0 heterocycles. The fourth-order valence-electron chi connectivity index (χ4n) is 8.01. The van der Waals surface area contributed by atoms with Crippen LogP contribution in [-0.2, 0) is 23.9 Å². The minimum absolute atomic E-state index is 0.0292. The Kier molecular flexibility index (Phi) is 6.63. The second-order valence-electron chi connectivity index (χ2n) is 11.6. The molecule has 5 atom stereocenters. The second kappa shape index (κ2) is 9.45. The van der Waals surface area contributed by atoms with Crippen molar-refractivity contribution in [3.05, 3.63) is 52.6 Å². The number of Topliss-reactive ketones (excluding diaryl/α,β-unsaturated/α-hetero) is 1. The topological polar surface area (TPSA) is 89.5 Å². The molecule has 0 spiro atoms. The molecule has 5 rings (SSSR count). The standard InChI is InChI=1S/C30H32F3NO5/c1-16(35)29(39-17(2)36)13-12-25-23-10-6-19-14-21(37)9-11-22(19)26(23)24(15-28(25,29)3)18-4-7-20(8-5-18)34-27(38)30(31,32)33/h4-5,7-8,14,23-25H,6,9-13,15H2,1-3H3,(H,34,38)/t23-,24+,25-,28-,29-/m0/s1. The third kappa shape index (κ3) is 4.43. The van der Waals surface area contributed by atoms with Crippen LogP contribution in [0.2, 0.25) is 0 Å². The molecular formula is C30H32F3NO5. The first-order chi connectivity index (χ1) is 18.3. The third-order valence-corrected chi connectivity index (χ3v) is 9.57. The molecular weight excluding hydrogens is 511 g/mol. The molecule has 0 radical (unpaired) electrons. The number of fused-ring (bicyclic) bond motifs is 4. The van der Waals surface area contributed by atoms with Crippen molar-refractivity contribution >= 4 is 29.1 Å². The van der Waals surface area contributed by atoms with Crippen molar-refractivity contribution < 1.29 is 37.1 Å². The van der Waals surface area contributed by atoms with E-state index in [-0.39, 0.29) is 35.0 Å². The lowest BCUT2D eigenvalue weighted by Crippen LogP contribution is -2.57. The van der Waals surface area contributed by atoms with Gasteiger partial charge in [0, 0.05) is 30.4 Å². The van der Waals surface area contributed by atoms with Gasteiger partial charge < -0.3 is 10.1 Å². The Hall–Kier alpha value is -3.23. The van der Waals surface area contributed by atoms with Crippen LogP contribution >= 0.6 is 0 Å². The van der Waals surface area contributed by atoms with Crippen molar-refractivity contribution in [2.45, 2.75) is 83.4 Å². The SMILES string of the molecule is CC(=O)O[C@]1(C(C)=O)CC[C@H]2[C@@H]3CCC4=CC(=O)CCC4=C3[C@@H](c3ccc(NC(=O)C(F)(F)F)cc3)C[C@@]21C. The summed E-state index contributed by atoms with van der Waals surface area (Å²) in [6.45, 7) is 4.84. The number of ketones is 2. The fourth-order valence-corrected chi connectivity index (χ4v) is 8.01. The molecule has 2 fully saturated rings. The van der Waals surface area contributed by atoms with Crippen molar-refractivity contribution in [2.75, 3.05) is 5.32 Å². The number of carbonyl (C=O) groups excluding carboxylic acids is 4. The molecule has 0 saturated heterocycles. The summed E-state index contributed by atoms with van der Waals surface area (Å²) in [5.41, 5.74) is 2.43. The summed E-state index contributed by atoms with van der Waals surface area (Å²) in [6.07, 6.45) is 1.07. The van der Waals surface area contributed by atoms with Crippen LogP contribution < -0.4 is 5.32 Å². The Morgan fingerprint density at radius 3 is 2.33 bits per heavy atom. The quantitative estimate of drug-likeness (QED) is 0.472. The third-order valence-electron chi connectivity index (χ3n) is 9.57. The molecule has 0 bridgehead atoms. The van der Waals surface area contributed by atoms with Crippen molar-refractivity contribution in [3.8, 4) is 0 Å². The first kappa shape index (κ1) is 27.3. The fraction of sp³-hybridized carbons (Fsp3) is 0.533. The van der Waals surface area contributed by atoms with Gasteiger partial charge in [0.05, 0.1) is 0 Å². The van der Waals surface area contributed by atoms with Gasteiger partial charge in [-0.15, -0.1) is 0 Å². The number of rotatable bonds is 4. The number of alkyl halides is 3. The number of esters is 1. The Balaban J connectivity index is 1.61. The van der Waals surface area contributed by atoms with Gasteiger partial charge in [-0.2, -0.15) is 13.2 Å². The number of hydrogen-bond acceptors (Lipinski definition) is 5. The van der Waals surface area contributed by atoms with E-state index in [1.165, 1.54) is 37.1 Å². The molecule has 1 N–H and O–H groups in total. The van der Waals surface area contributed by atoms with E-state index in [2.05, 4.69) is 0 Å². The maximum absolute atomic E-state index is 13.2. The minimum Gasteiger partial charge on any atom is -0.451 e. The molecule has 1 amide bonds. The summed E-state index contributed by atoms with van der Waals surface area (Å²) in [4.78, 5) is 49.1. The van der Waals surface area contributed by atoms with Crippen LogP contribution in [0.4, 0.5) is 18.9 Å². The number of ether oxygens (including phenoxy) is 1. The highest BCUT2D eigenvalue weighted by Gasteiger charge is 2.67. The zero-order valence-corrected chi connectivity index (χ0v) is 22.2. The Labute approximate surface area is 225 Å². The monoisotopic (exact) mass is 543 g/mol. The molecule has 0 aromatic heterocycles. The van der Waals surface area contributed by atoms with Crippen LogP contribution in [0.5, 0.6) is 0 Å². The summed E-state index contributed by atoms with van der Waals surface area (Å²) >= 11 is 0. The van der Waals surface area contributed by atoms with Crippen LogP contribution in [0.1, 0.15) is 77.2 Å². The lowest BCUT2D eigenvalue weighted by molar-refractivity contribution is -0.182. The highest BCUT2D eigenvalue weighted by molar-refractivity contribution is 5.95. The minimum atomic E-state index is -5.00. The molecule has 0 unspecified atom stereocenters. The number of amides is 1. The van der Waals surface area contributed by atoms with Crippen molar-refractivity contribution in [2.24, 2.45) is 17.3 Å². The van der Waals surface area contributed by atoms with Crippen molar-refractivity contribution in [1.29, 1.82) is 0 Å². The van der Waals surface area contributed by atoms with Gasteiger partial charge in [-0.25, -0.2) is 0 Å². The first-order valence-corrected chi connectivity index (χ1v) is 13.4. The van der Waals surface area contributed by atoms with Gasteiger partial charge in [0.25, 0.3) is 0 Å². The number of carbonyl (C=O) groups is 4. The number of allylic oxidation sites excluding steroid dienone is 4. The lowest BCUT2D eigenvalue weighted by atomic mass is 9.50. The number of halogens is 3. The van der Waals surface area contributed by atoms with Gasteiger partial charge in [-0.05, 0) is 92.2 Å². The summed E-state index contributed by atoms with van der Waals surface area (Å²) in [7, 11) is 0. The average molecular weight is 544 g/mol. The predicted molar refractivity (Wildman–Crippen MR) is 137 cm³/mol. The molecule has 4 aliphatic rings. The Morgan fingerprint density at radius 2 is 1.72 bits per heavy atom. The second-order valence-corrected chi connectivity index (χ2v) is 11.6. The van der Waals surface area contributed by atoms with Gasteiger partial charge in [0.15, 0.2) is 17.2 Å². The molecule has 1 aromatic rings. The molecule has 0 aliphatic heterocycles. The molecule has 2 saturated carbocycles. The van der Waals surface area contributed by atoms with Gasteiger partial charge in [0.2, 0.25) is 0 Å². The normalized spacial score (nSPS) is 32.0. The number of hydrogen-bond donors (Lipinski definition) is 1. The van der Waals surface area contributed by atoms with E-state index in [1.807, 2.05) is 12.2 Å². The molecule has 208 valence electrons. The first-order valence-electron chi connectivity index (χ1n) is 13.4. The van der Waals surface area contributed by atoms with Crippen LogP contribution in [-0.4, -0.2) is 35.2 Å². The van der Waals surface area contributed by atoms with Gasteiger partial charge in [-0.3, -0.25) is 19.2 Å². The zero-order chi connectivity index (χ0) is 28.3. The van der Waals surface area contributed by atoms with Crippen molar-refractivity contribution in [1.82, 2.24) is 0 Å². The largest absolute Gasteiger partial charge is 0.471 e. The van der Waals surface area contributed by atoms with Crippen molar-refractivity contribution in [3.63, 3.8) is 0 Å². The molecule has 4 aliphatic carbocycles. The molecule has 9 heteroatoms. The van der Waals surface area contributed by atoms with E-state index in [0.29, 0.717) is 25.7 Å². The smallest absolute Gasteiger partial charge is 0.451 e. The van der Waals surface area contributed by atoms with E-state index in [9.17, 15) is 32.3 Å². The maximum Gasteiger partial charge on any atom is 0.471 e. The van der Waals surface area contributed by atoms with Crippen LogP contribution in [0.3, 0.4) is 0 Å². The molecule has 6 nitrogen and oxygen atoms in total. The van der Waals surface area contributed by atoms with Gasteiger partial charge in [-0.1, -0.05) is 24.6 Å². The average Bonchev–Trinajstić information content (AvgIpc) is 3.15. The molecule has 39 heavy (non-hydrogen) atoms. The zero-order valence-electron chi connectivity index (χ0n) is 22.2. The van der Waals surface area contributed by atoms with Gasteiger partial charge in [0.1, 0.15) is 0 Å². The Bertz CT molecular complexity index is 1310. The maximum atomic E-state index is 13.2. The van der Waals surface area contributed by atoms with Crippen LogP contribution in [0, 0.1) is 17.3 Å². The lowest BCUT2D eigenvalue weighted by Gasteiger charge is -2.55. The Morgan fingerprint density at radius 1 is 1.03 bits per heavy atom. The van der Waals surface area contributed by atoms with E-state index < -0.39 is 29.1 Å². The van der Waals surface area contributed by atoms with E-state index >= 15 is 0 Å². The highest BCUT2D eigenvalue weighted by atomic mass is 19.4. The summed E-state index contributed by atoms with van der Waals surface area (Å²) in [5.74, 6) is -2.58. The summed E-state index contributed by atoms with van der Waals surface area (Å²) in [6, 6.07) is 6.34. The summed E-state index contributed by atoms with van der Waals surface area (Å²) < 4.78 is 44.2. The van der Waals surface area contributed by atoms with Crippen LogP contribution in [0.25, 0.3) is 0 Å². The van der Waals surface area contributed by atoms with E-state index in [0.717, 1.165) is 30.4 Å². The van der Waals surface area contributed by atoms with E-state index in [4.69, 9.17) is 4.74 Å². The highest BCUT2D eigenvalue weighted by Crippen LogP contribution is 2.67. The number of nitrogens with one attached hydrogen (secondary N) is 1. The summed E-state index contributed by atoms with van der Waals surface area (Å²) in [5, 5.41) is 1.89. The number of anilines is 1. The van der Waals surface area contributed by atoms with Gasteiger partial charge >= 0.3 is 18.1 Å². The predicted octanol–water partition coefficient (Wildman–Crippen LogP) is 5.98.